The summed E-state index contributed by atoms with van der Waals surface area (Å²) < 4.78 is 10.1. The molecule has 0 aliphatic carbocycles. The number of terminal acetylenes is 1. The van der Waals surface area contributed by atoms with Gasteiger partial charge in [-0.1, -0.05) is 31.4 Å². The topological polar surface area (TPSA) is 52.6 Å². The highest BCUT2D eigenvalue weighted by Crippen LogP contribution is 2.12. The van der Waals surface area contributed by atoms with Crippen LogP contribution in [0.2, 0.25) is 0 Å². The predicted molar refractivity (Wildman–Crippen MR) is 79.9 cm³/mol. The number of esters is 2. The van der Waals surface area contributed by atoms with Crippen LogP contribution < -0.4 is 0 Å². The fraction of sp³-hybridized carbons (Fsp3) is 0.294. The molecule has 0 aliphatic heterocycles. The standard InChI is InChI=1S/C17H18O4/c1-3-5-9-13-21-17(19)15-11-8-7-10-14(15)16(18)20-12-6-4-2/h1,5,7-11H,4,6,12-13H2,2H3/b9-5+. The van der Waals surface area contributed by atoms with Crippen molar-refractivity contribution in [3.63, 3.8) is 0 Å². The Bertz CT molecular complexity index is 552. The van der Waals surface area contributed by atoms with Gasteiger partial charge in [0, 0.05) is 0 Å². The largest absolute Gasteiger partial charge is 0.462 e. The maximum atomic E-state index is 12.0. The van der Waals surface area contributed by atoms with Crippen LogP contribution in [0.5, 0.6) is 0 Å². The van der Waals surface area contributed by atoms with Crippen LogP contribution in [0.3, 0.4) is 0 Å². The molecule has 0 fully saturated rings. The molecule has 0 aliphatic rings. The summed E-state index contributed by atoms with van der Waals surface area (Å²) in [5.41, 5.74) is 0.396. The maximum absolute atomic E-state index is 12.0. The summed E-state index contributed by atoms with van der Waals surface area (Å²) in [5, 5.41) is 0. The lowest BCUT2D eigenvalue weighted by Crippen LogP contribution is -2.14. The summed E-state index contributed by atoms with van der Waals surface area (Å²) in [4.78, 5) is 23.9. The van der Waals surface area contributed by atoms with Crippen molar-refractivity contribution in [2.75, 3.05) is 13.2 Å². The van der Waals surface area contributed by atoms with Crippen LogP contribution >= 0.6 is 0 Å². The van der Waals surface area contributed by atoms with E-state index in [9.17, 15) is 9.59 Å². The molecule has 0 radical (unpaired) electrons. The molecule has 110 valence electrons. The number of allylic oxidation sites excluding steroid dienone is 1. The van der Waals surface area contributed by atoms with Gasteiger partial charge in [0.05, 0.1) is 17.7 Å². The molecule has 0 aromatic heterocycles. The van der Waals surface area contributed by atoms with E-state index in [0.717, 1.165) is 12.8 Å². The second kappa shape index (κ2) is 9.38. The van der Waals surface area contributed by atoms with Gasteiger partial charge in [-0.15, -0.1) is 6.42 Å². The summed E-state index contributed by atoms with van der Waals surface area (Å²) >= 11 is 0. The highest BCUT2D eigenvalue weighted by atomic mass is 16.5. The highest BCUT2D eigenvalue weighted by Gasteiger charge is 2.18. The number of hydrogen-bond donors (Lipinski definition) is 0. The average molecular weight is 286 g/mol. The number of unbranched alkanes of at least 4 members (excludes halogenated alkanes) is 1. The van der Waals surface area contributed by atoms with E-state index in [1.165, 1.54) is 12.1 Å². The number of rotatable bonds is 7. The zero-order chi connectivity index (χ0) is 15.5. The van der Waals surface area contributed by atoms with Gasteiger partial charge in [-0.2, -0.15) is 0 Å². The molecule has 0 heterocycles. The van der Waals surface area contributed by atoms with Gasteiger partial charge in [0.25, 0.3) is 0 Å². The van der Waals surface area contributed by atoms with E-state index in [2.05, 4.69) is 5.92 Å². The van der Waals surface area contributed by atoms with Crippen molar-refractivity contribution in [1.82, 2.24) is 0 Å². The fourth-order valence-electron chi connectivity index (χ4n) is 1.54. The van der Waals surface area contributed by atoms with E-state index in [1.54, 1.807) is 24.3 Å². The van der Waals surface area contributed by atoms with Crippen molar-refractivity contribution < 1.29 is 19.1 Å². The number of benzene rings is 1. The maximum Gasteiger partial charge on any atom is 0.339 e. The van der Waals surface area contributed by atoms with Crippen LogP contribution in [0.4, 0.5) is 0 Å². The third-order valence-corrected chi connectivity index (χ3v) is 2.62. The summed E-state index contributed by atoms with van der Waals surface area (Å²) in [5.74, 6) is 1.19. The van der Waals surface area contributed by atoms with E-state index < -0.39 is 11.9 Å². The highest BCUT2D eigenvalue weighted by molar-refractivity contribution is 6.03. The lowest BCUT2D eigenvalue weighted by Gasteiger charge is -2.08. The fourth-order valence-corrected chi connectivity index (χ4v) is 1.54. The van der Waals surface area contributed by atoms with Crippen LogP contribution in [-0.2, 0) is 9.47 Å². The molecule has 4 heteroatoms. The minimum atomic E-state index is -0.584. The van der Waals surface area contributed by atoms with Gasteiger partial charge >= 0.3 is 11.9 Å². The summed E-state index contributed by atoms with van der Waals surface area (Å²) in [6.45, 7) is 2.40. The first-order valence-corrected chi connectivity index (χ1v) is 6.75. The minimum absolute atomic E-state index is 0.0578. The molecule has 1 aromatic rings. The third kappa shape index (κ3) is 5.53. The van der Waals surface area contributed by atoms with Gasteiger partial charge in [0.1, 0.15) is 6.61 Å². The van der Waals surface area contributed by atoms with E-state index in [-0.39, 0.29) is 17.7 Å². The SMILES string of the molecule is C#C/C=C/COC(=O)c1ccccc1C(=O)OCCCC. The van der Waals surface area contributed by atoms with Gasteiger partial charge in [-0.05, 0) is 30.7 Å². The van der Waals surface area contributed by atoms with Crippen LogP contribution in [0.15, 0.2) is 36.4 Å². The van der Waals surface area contributed by atoms with Crippen molar-refractivity contribution >= 4 is 11.9 Å². The second-order valence-electron chi connectivity index (χ2n) is 4.20. The van der Waals surface area contributed by atoms with Crippen molar-refractivity contribution in [3.05, 3.63) is 47.5 Å². The van der Waals surface area contributed by atoms with Gasteiger partial charge in [-0.3, -0.25) is 0 Å². The van der Waals surface area contributed by atoms with Crippen LogP contribution in [-0.4, -0.2) is 25.2 Å². The van der Waals surface area contributed by atoms with Crippen molar-refractivity contribution in [1.29, 1.82) is 0 Å². The van der Waals surface area contributed by atoms with Gasteiger partial charge in [-0.25, -0.2) is 9.59 Å². The van der Waals surface area contributed by atoms with E-state index >= 15 is 0 Å². The van der Waals surface area contributed by atoms with E-state index in [0.29, 0.717) is 6.61 Å². The zero-order valence-electron chi connectivity index (χ0n) is 12.0. The second-order valence-corrected chi connectivity index (χ2v) is 4.20. The molecule has 1 aromatic carbocycles. The molecule has 4 nitrogen and oxygen atoms in total. The Balaban J connectivity index is 2.74. The first-order valence-electron chi connectivity index (χ1n) is 6.75. The molecule has 1 rings (SSSR count). The zero-order valence-corrected chi connectivity index (χ0v) is 12.0. The molecule has 0 N–H and O–H groups in total. The normalized spacial score (nSPS) is 10.1. The quantitative estimate of drug-likeness (QED) is 0.439. The Morgan fingerprint density at radius 1 is 1.19 bits per heavy atom. The molecule has 21 heavy (non-hydrogen) atoms. The summed E-state index contributed by atoms with van der Waals surface area (Å²) in [6, 6.07) is 6.41. The predicted octanol–water partition coefficient (Wildman–Crippen LogP) is 2.99. The number of ether oxygens (including phenoxy) is 2. The summed E-state index contributed by atoms with van der Waals surface area (Å²) in [6.07, 6.45) is 9.74. The first-order chi connectivity index (χ1) is 10.2. The van der Waals surface area contributed by atoms with E-state index in [1.807, 2.05) is 6.92 Å². The molecule has 0 unspecified atom stereocenters. The van der Waals surface area contributed by atoms with Gasteiger partial charge in [0.2, 0.25) is 0 Å². The Hall–Kier alpha value is -2.54. The third-order valence-electron chi connectivity index (χ3n) is 2.62. The Morgan fingerprint density at radius 2 is 1.81 bits per heavy atom. The lowest BCUT2D eigenvalue weighted by molar-refractivity contribution is 0.0471. The number of carbonyl (C=O) groups excluding carboxylic acids is 2. The smallest absolute Gasteiger partial charge is 0.339 e. The van der Waals surface area contributed by atoms with Crippen LogP contribution in [0.1, 0.15) is 40.5 Å². The molecule has 0 amide bonds. The number of carbonyl (C=O) groups is 2. The van der Waals surface area contributed by atoms with Crippen molar-refractivity contribution in [2.45, 2.75) is 19.8 Å². The molecule has 0 spiro atoms. The van der Waals surface area contributed by atoms with Crippen molar-refractivity contribution in [2.24, 2.45) is 0 Å². The monoisotopic (exact) mass is 286 g/mol. The molecular weight excluding hydrogens is 268 g/mol. The first kappa shape index (κ1) is 16.5. The average Bonchev–Trinajstić information content (AvgIpc) is 2.51. The van der Waals surface area contributed by atoms with E-state index in [4.69, 9.17) is 15.9 Å². The van der Waals surface area contributed by atoms with Gasteiger partial charge in [0.15, 0.2) is 0 Å². The molecule has 0 saturated heterocycles. The van der Waals surface area contributed by atoms with Crippen molar-refractivity contribution in [3.8, 4) is 12.3 Å². The lowest BCUT2D eigenvalue weighted by atomic mass is 10.1. The Labute approximate surface area is 124 Å². The molecule has 0 saturated carbocycles. The molecular formula is C17H18O4. The Kier molecular flexibility index (Phi) is 7.37. The summed E-state index contributed by atoms with van der Waals surface area (Å²) in [7, 11) is 0. The number of hydrogen-bond acceptors (Lipinski definition) is 4. The Morgan fingerprint density at radius 3 is 2.38 bits per heavy atom. The molecule has 0 atom stereocenters. The minimum Gasteiger partial charge on any atom is -0.462 e. The molecule has 0 bridgehead atoms. The van der Waals surface area contributed by atoms with Crippen LogP contribution in [0, 0.1) is 12.3 Å². The van der Waals surface area contributed by atoms with Crippen LogP contribution in [0.25, 0.3) is 0 Å². The van der Waals surface area contributed by atoms with Gasteiger partial charge < -0.3 is 9.47 Å².